The first-order valence-electron chi connectivity index (χ1n) is 7.11. The molecule has 6 heteroatoms. The fourth-order valence-corrected chi connectivity index (χ4v) is 2.35. The molecule has 20 heavy (non-hydrogen) atoms. The summed E-state index contributed by atoms with van der Waals surface area (Å²) < 4.78 is 4.11. The number of carbonyl (C=O) groups is 1. The van der Waals surface area contributed by atoms with Crippen molar-refractivity contribution in [2.45, 2.75) is 46.6 Å². The molecule has 1 amide bonds. The molecule has 5 nitrogen and oxygen atoms in total. The van der Waals surface area contributed by atoms with Gasteiger partial charge in [-0.1, -0.05) is 27.7 Å². The Labute approximate surface area is 124 Å². The van der Waals surface area contributed by atoms with Gasteiger partial charge in [-0.05, 0) is 35.7 Å². The second kappa shape index (κ2) is 5.60. The first-order valence-corrected chi connectivity index (χ1v) is 7.88. The molecule has 0 bridgehead atoms. The normalized spacial score (nSPS) is 15.4. The van der Waals surface area contributed by atoms with Crippen LogP contribution in [0.15, 0.2) is 0 Å². The van der Waals surface area contributed by atoms with Crippen molar-refractivity contribution >= 4 is 28.3 Å². The van der Waals surface area contributed by atoms with Crippen LogP contribution < -0.4 is 16.4 Å². The monoisotopic (exact) mass is 296 g/mol. The third-order valence-electron chi connectivity index (χ3n) is 4.13. The van der Waals surface area contributed by atoms with E-state index in [1.165, 1.54) is 11.5 Å². The first-order chi connectivity index (χ1) is 9.31. The van der Waals surface area contributed by atoms with Gasteiger partial charge >= 0.3 is 0 Å². The minimum absolute atomic E-state index is 0.108. The summed E-state index contributed by atoms with van der Waals surface area (Å²) in [6, 6.07) is 0.321. The average molecular weight is 296 g/mol. The molecule has 0 radical (unpaired) electrons. The molecule has 1 aliphatic carbocycles. The molecule has 112 valence electrons. The van der Waals surface area contributed by atoms with Crippen molar-refractivity contribution in [2.75, 3.05) is 17.6 Å². The van der Waals surface area contributed by atoms with E-state index in [-0.39, 0.29) is 11.3 Å². The molecule has 1 aromatic heterocycles. The maximum atomic E-state index is 12.2. The van der Waals surface area contributed by atoms with Crippen LogP contribution in [0.1, 0.15) is 50.9 Å². The van der Waals surface area contributed by atoms with E-state index in [1.54, 1.807) is 0 Å². The molecule has 0 aromatic carbocycles. The van der Waals surface area contributed by atoms with Crippen LogP contribution in [0.3, 0.4) is 0 Å². The van der Waals surface area contributed by atoms with Gasteiger partial charge in [-0.3, -0.25) is 4.79 Å². The zero-order valence-electron chi connectivity index (χ0n) is 12.6. The Morgan fingerprint density at radius 1 is 1.50 bits per heavy atom. The standard InChI is InChI=1S/C14H24N4OS/c1-8(2)14(3,4)7-16-13-10(11(15)18-20-13)12(19)17-9-5-6-9/h8-9,16H,5-7H2,1-4H3,(H2,15,18)(H,17,19). The van der Waals surface area contributed by atoms with Gasteiger partial charge in [-0.15, -0.1) is 0 Å². The van der Waals surface area contributed by atoms with Crippen LogP contribution in [0.25, 0.3) is 0 Å². The number of anilines is 2. The zero-order valence-corrected chi connectivity index (χ0v) is 13.4. The van der Waals surface area contributed by atoms with E-state index in [9.17, 15) is 4.79 Å². The molecule has 0 unspecified atom stereocenters. The Morgan fingerprint density at radius 2 is 2.15 bits per heavy atom. The largest absolute Gasteiger partial charge is 0.382 e. The van der Waals surface area contributed by atoms with Crippen molar-refractivity contribution in [3.05, 3.63) is 5.56 Å². The Morgan fingerprint density at radius 3 is 2.70 bits per heavy atom. The number of nitrogens with one attached hydrogen (secondary N) is 2. The van der Waals surface area contributed by atoms with Gasteiger partial charge in [0.05, 0.1) is 0 Å². The summed E-state index contributed by atoms with van der Waals surface area (Å²) in [6.45, 7) is 9.60. The molecule has 0 atom stereocenters. The van der Waals surface area contributed by atoms with Crippen molar-refractivity contribution in [3.8, 4) is 0 Å². The van der Waals surface area contributed by atoms with Gasteiger partial charge in [-0.25, -0.2) is 0 Å². The third kappa shape index (κ3) is 3.42. The lowest BCUT2D eigenvalue weighted by molar-refractivity contribution is 0.0953. The SMILES string of the molecule is CC(C)C(C)(C)CNc1snc(N)c1C(=O)NC1CC1. The van der Waals surface area contributed by atoms with Crippen molar-refractivity contribution in [2.24, 2.45) is 11.3 Å². The first kappa shape index (κ1) is 15.1. The summed E-state index contributed by atoms with van der Waals surface area (Å²) in [6.07, 6.45) is 2.12. The summed E-state index contributed by atoms with van der Waals surface area (Å²) >= 11 is 1.26. The highest BCUT2D eigenvalue weighted by atomic mass is 32.1. The molecule has 2 rings (SSSR count). The Balaban J connectivity index is 2.06. The molecule has 4 N–H and O–H groups in total. The van der Waals surface area contributed by atoms with E-state index in [2.05, 4.69) is 42.7 Å². The zero-order chi connectivity index (χ0) is 14.9. The molecule has 1 heterocycles. The molecule has 0 spiro atoms. The van der Waals surface area contributed by atoms with E-state index in [1.807, 2.05) is 0 Å². The number of hydrogen-bond donors (Lipinski definition) is 3. The molecular formula is C14H24N4OS. The number of nitrogens with two attached hydrogens (primary N) is 1. The van der Waals surface area contributed by atoms with Gasteiger partial charge in [0.1, 0.15) is 10.6 Å². The lowest BCUT2D eigenvalue weighted by Crippen LogP contribution is -2.30. The van der Waals surface area contributed by atoms with E-state index in [4.69, 9.17) is 5.73 Å². The number of nitrogen functional groups attached to an aromatic ring is 1. The molecule has 0 saturated heterocycles. The molecule has 1 fully saturated rings. The second-order valence-corrected chi connectivity index (χ2v) is 7.29. The average Bonchev–Trinajstić information content (AvgIpc) is 3.08. The number of hydrogen-bond acceptors (Lipinski definition) is 5. The summed E-state index contributed by atoms with van der Waals surface area (Å²) in [5.41, 5.74) is 6.48. The minimum atomic E-state index is -0.108. The van der Waals surface area contributed by atoms with Crippen molar-refractivity contribution < 1.29 is 4.79 Å². The van der Waals surface area contributed by atoms with Gasteiger partial charge in [-0.2, -0.15) is 4.37 Å². The van der Waals surface area contributed by atoms with Crippen LogP contribution in [-0.2, 0) is 0 Å². The fraction of sp³-hybridized carbons (Fsp3) is 0.714. The molecule has 1 saturated carbocycles. The summed E-state index contributed by atoms with van der Waals surface area (Å²) in [5.74, 6) is 0.755. The van der Waals surface area contributed by atoms with Crippen LogP contribution in [0.5, 0.6) is 0 Å². The van der Waals surface area contributed by atoms with Gasteiger partial charge in [0, 0.05) is 12.6 Å². The highest BCUT2D eigenvalue weighted by Gasteiger charge is 2.28. The number of amides is 1. The van der Waals surface area contributed by atoms with Crippen LogP contribution in [-0.4, -0.2) is 22.9 Å². The van der Waals surface area contributed by atoms with Gasteiger partial charge in [0.25, 0.3) is 5.91 Å². The lowest BCUT2D eigenvalue weighted by Gasteiger charge is -2.29. The van der Waals surface area contributed by atoms with E-state index >= 15 is 0 Å². The number of carbonyl (C=O) groups excluding carboxylic acids is 1. The minimum Gasteiger partial charge on any atom is -0.382 e. The highest BCUT2D eigenvalue weighted by molar-refractivity contribution is 7.11. The maximum absolute atomic E-state index is 12.2. The topological polar surface area (TPSA) is 80.0 Å². The van der Waals surface area contributed by atoms with Crippen molar-refractivity contribution in [3.63, 3.8) is 0 Å². The Bertz CT molecular complexity index is 491. The predicted octanol–water partition coefficient (Wildman–Crippen LogP) is 2.71. The number of aromatic nitrogens is 1. The Hall–Kier alpha value is -1.30. The number of rotatable bonds is 6. The molecule has 1 aromatic rings. The van der Waals surface area contributed by atoms with Gasteiger partial charge in [0.2, 0.25) is 0 Å². The molecular weight excluding hydrogens is 272 g/mol. The Kier molecular flexibility index (Phi) is 4.22. The van der Waals surface area contributed by atoms with Crippen LogP contribution in [0.2, 0.25) is 0 Å². The van der Waals surface area contributed by atoms with E-state index in [0.717, 1.165) is 24.4 Å². The van der Waals surface area contributed by atoms with Crippen LogP contribution in [0, 0.1) is 11.3 Å². The van der Waals surface area contributed by atoms with Gasteiger partial charge < -0.3 is 16.4 Å². The molecule has 1 aliphatic rings. The van der Waals surface area contributed by atoms with E-state index in [0.29, 0.717) is 23.3 Å². The maximum Gasteiger partial charge on any atom is 0.258 e. The van der Waals surface area contributed by atoms with Crippen molar-refractivity contribution in [1.29, 1.82) is 0 Å². The van der Waals surface area contributed by atoms with Crippen LogP contribution >= 0.6 is 11.5 Å². The predicted molar refractivity (Wildman–Crippen MR) is 84.1 cm³/mol. The van der Waals surface area contributed by atoms with Crippen LogP contribution in [0.4, 0.5) is 10.8 Å². The summed E-state index contributed by atoms with van der Waals surface area (Å²) in [5, 5.41) is 7.08. The number of nitrogens with zero attached hydrogens (tertiary/aromatic N) is 1. The second-order valence-electron chi connectivity index (χ2n) is 6.52. The van der Waals surface area contributed by atoms with Gasteiger partial charge in [0.15, 0.2) is 5.82 Å². The summed E-state index contributed by atoms with van der Waals surface area (Å²) in [7, 11) is 0. The van der Waals surface area contributed by atoms with E-state index < -0.39 is 0 Å². The lowest BCUT2D eigenvalue weighted by atomic mass is 9.81. The smallest absolute Gasteiger partial charge is 0.258 e. The fourth-order valence-electron chi connectivity index (χ4n) is 1.64. The molecule has 0 aliphatic heterocycles. The third-order valence-corrected chi connectivity index (χ3v) is 4.94. The quantitative estimate of drug-likeness (QED) is 0.754. The highest BCUT2D eigenvalue weighted by Crippen LogP contribution is 2.31. The van der Waals surface area contributed by atoms with Crippen molar-refractivity contribution in [1.82, 2.24) is 9.69 Å². The summed E-state index contributed by atoms with van der Waals surface area (Å²) in [4.78, 5) is 12.2.